The summed E-state index contributed by atoms with van der Waals surface area (Å²) in [5.74, 6) is -0.795. The highest BCUT2D eigenvalue weighted by Crippen LogP contribution is 2.13. The number of hydrogen-bond donors (Lipinski definition) is 1. The molecule has 1 aromatic carbocycles. The van der Waals surface area contributed by atoms with Crippen LogP contribution in [0.5, 0.6) is 0 Å². The Bertz CT molecular complexity index is 813. The second-order valence-electron chi connectivity index (χ2n) is 5.80. The van der Waals surface area contributed by atoms with Crippen LogP contribution in [0.25, 0.3) is 5.69 Å². The van der Waals surface area contributed by atoms with Gasteiger partial charge in [-0.05, 0) is 25.5 Å². The number of hydrogen-bond acceptors (Lipinski definition) is 4. The van der Waals surface area contributed by atoms with E-state index in [0.717, 1.165) is 6.42 Å². The van der Waals surface area contributed by atoms with Crippen LogP contribution in [0.15, 0.2) is 35.1 Å². The average Bonchev–Trinajstić information content (AvgIpc) is 3.07. The fourth-order valence-electron chi connectivity index (χ4n) is 2.64. The highest BCUT2D eigenvalue weighted by molar-refractivity contribution is 5.92. The van der Waals surface area contributed by atoms with E-state index in [4.69, 9.17) is 4.74 Å². The van der Waals surface area contributed by atoms with Crippen LogP contribution in [-0.2, 0) is 4.74 Å². The topological polar surface area (TPSA) is 73.2 Å². The number of rotatable bonds is 4. The molecule has 2 aromatic rings. The monoisotopic (exact) mass is 331 g/mol. The first-order chi connectivity index (χ1) is 11.6. The van der Waals surface area contributed by atoms with E-state index < -0.39 is 17.2 Å². The maximum atomic E-state index is 14.0. The number of ether oxygens (including phenoxy) is 1. The van der Waals surface area contributed by atoms with Crippen molar-refractivity contribution in [3.05, 3.63) is 57.8 Å². The molecule has 0 radical (unpaired) electrons. The molecule has 7 heteroatoms. The Balaban J connectivity index is 1.88. The second-order valence-corrected chi connectivity index (χ2v) is 5.80. The molecular weight excluding hydrogens is 313 g/mol. The lowest BCUT2D eigenvalue weighted by Crippen LogP contribution is -2.35. The van der Waals surface area contributed by atoms with Gasteiger partial charge in [-0.25, -0.2) is 9.07 Å². The van der Waals surface area contributed by atoms with Gasteiger partial charge in [-0.3, -0.25) is 9.59 Å². The fraction of sp³-hybridized carbons (Fsp3) is 0.353. The van der Waals surface area contributed by atoms with Crippen LogP contribution in [-0.4, -0.2) is 35.4 Å². The van der Waals surface area contributed by atoms with E-state index >= 15 is 0 Å². The van der Waals surface area contributed by atoms with Crippen LogP contribution in [0.4, 0.5) is 4.39 Å². The third-order valence-electron chi connectivity index (χ3n) is 3.98. The van der Waals surface area contributed by atoms with Crippen molar-refractivity contribution in [3.8, 4) is 5.69 Å². The Morgan fingerprint density at radius 2 is 2.25 bits per heavy atom. The third-order valence-corrected chi connectivity index (χ3v) is 3.98. The highest BCUT2D eigenvalue weighted by Gasteiger charge is 2.20. The standard InChI is InChI=1S/C17H18FN3O3/c1-11-8-15(22)16(17(23)19-9-12-6-7-24-10-12)20-21(11)14-5-3-2-4-13(14)18/h2-5,8,12H,6-7,9-10H2,1H3,(H,19,23)/t12-/m1/s1. The van der Waals surface area contributed by atoms with Gasteiger partial charge in [0, 0.05) is 30.8 Å². The lowest BCUT2D eigenvalue weighted by atomic mass is 10.1. The summed E-state index contributed by atoms with van der Waals surface area (Å²) in [6.45, 7) is 3.34. The van der Waals surface area contributed by atoms with Crippen molar-refractivity contribution in [2.45, 2.75) is 13.3 Å². The molecule has 1 fully saturated rings. The minimum absolute atomic E-state index is 0.188. The minimum atomic E-state index is -0.558. The molecule has 1 aromatic heterocycles. The van der Waals surface area contributed by atoms with Crippen molar-refractivity contribution in [2.24, 2.45) is 5.92 Å². The molecule has 0 bridgehead atoms. The lowest BCUT2D eigenvalue weighted by Gasteiger charge is -2.13. The summed E-state index contributed by atoms with van der Waals surface area (Å²) in [5.41, 5.74) is -0.0953. The van der Waals surface area contributed by atoms with E-state index in [1.165, 1.54) is 22.9 Å². The van der Waals surface area contributed by atoms with Crippen molar-refractivity contribution in [2.75, 3.05) is 19.8 Å². The molecular formula is C17H18FN3O3. The highest BCUT2D eigenvalue weighted by atomic mass is 19.1. The predicted octanol–water partition coefficient (Wildman–Crippen LogP) is 1.45. The second kappa shape index (κ2) is 6.92. The number of para-hydroxylation sites is 1. The van der Waals surface area contributed by atoms with Crippen LogP contribution in [0, 0.1) is 18.7 Å². The molecule has 2 heterocycles. The number of halogens is 1. The van der Waals surface area contributed by atoms with Crippen molar-refractivity contribution in [1.82, 2.24) is 15.1 Å². The molecule has 1 N–H and O–H groups in total. The summed E-state index contributed by atoms with van der Waals surface area (Å²) >= 11 is 0. The number of aryl methyl sites for hydroxylation is 1. The molecule has 0 aliphatic carbocycles. The average molecular weight is 331 g/mol. The molecule has 126 valence electrons. The van der Waals surface area contributed by atoms with Gasteiger partial charge in [-0.2, -0.15) is 5.10 Å². The van der Waals surface area contributed by atoms with Gasteiger partial charge in [0.15, 0.2) is 5.69 Å². The molecule has 1 aliphatic rings. The molecule has 24 heavy (non-hydrogen) atoms. The number of carbonyl (C=O) groups is 1. The van der Waals surface area contributed by atoms with Crippen molar-refractivity contribution in [1.29, 1.82) is 0 Å². The lowest BCUT2D eigenvalue weighted by molar-refractivity contribution is 0.0937. The van der Waals surface area contributed by atoms with E-state index in [0.29, 0.717) is 25.5 Å². The number of benzene rings is 1. The molecule has 1 atom stereocenters. The summed E-state index contributed by atoms with van der Waals surface area (Å²) in [5, 5.41) is 6.77. The first-order valence-corrected chi connectivity index (χ1v) is 7.78. The summed E-state index contributed by atoms with van der Waals surface area (Å²) in [7, 11) is 0. The zero-order chi connectivity index (χ0) is 17.1. The molecule has 0 saturated carbocycles. The van der Waals surface area contributed by atoms with E-state index in [2.05, 4.69) is 10.4 Å². The predicted molar refractivity (Wildman–Crippen MR) is 85.8 cm³/mol. The Morgan fingerprint density at radius 3 is 2.96 bits per heavy atom. The van der Waals surface area contributed by atoms with E-state index in [1.54, 1.807) is 19.1 Å². The zero-order valence-corrected chi connectivity index (χ0v) is 13.3. The maximum Gasteiger partial charge on any atom is 0.275 e. The Kier molecular flexibility index (Phi) is 4.71. The number of aromatic nitrogens is 2. The summed E-state index contributed by atoms with van der Waals surface area (Å²) in [4.78, 5) is 24.4. The zero-order valence-electron chi connectivity index (χ0n) is 13.3. The summed E-state index contributed by atoms with van der Waals surface area (Å²) in [6.07, 6.45) is 0.876. The fourth-order valence-corrected chi connectivity index (χ4v) is 2.64. The summed E-state index contributed by atoms with van der Waals surface area (Å²) in [6, 6.07) is 7.35. The Labute approximate surface area is 138 Å². The molecule has 6 nitrogen and oxygen atoms in total. The van der Waals surface area contributed by atoms with E-state index in [9.17, 15) is 14.0 Å². The molecule has 3 rings (SSSR count). The van der Waals surface area contributed by atoms with Gasteiger partial charge in [0.25, 0.3) is 5.91 Å². The molecule has 1 saturated heterocycles. The Hall–Kier alpha value is -2.54. The van der Waals surface area contributed by atoms with Crippen LogP contribution < -0.4 is 10.7 Å². The minimum Gasteiger partial charge on any atom is -0.381 e. The molecule has 0 unspecified atom stereocenters. The normalized spacial score (nSPS) is 17.0. The van der Waals surface area contributed by atoms with Gasteiger partial charge in [0.1, 0.15) is 11.5 Å². The van der Waals surface area contributed by atoms with E-state index in [-0.39, 0.29) is 17.3 Å². The molecule has 1 aliphatic heterocycles. The number of nitrogens with zero attached hydrogens (tertiary/aromatic N) is 2. The van der Waals surface area contributed by atoms with Gasteiger partial charge < -0.3 is 10.1 Å². The van der Waals surface area contributed by atoms with Crippen molar-refractivity contribution in [3.63, 3.8) is 0 Å². The van der Waals surface area contributed by atoms with E-state index in [1.807, 2.05) is 0 Å². The molecule has 1 amide bonds. The number of amides is 1. The van der Waals surface area contributed by atoms with Crippen LogP contribution >= 0.6 is 0 Å². The molecule has 0 spiro atoms. The van der Waals surface area contributed by atoms with Gasteiger partial charge in [0.2, 0.25) is 5.43 Å². The van der Waals surface area contributed by atoms with Gasteiger partial charge in [-0.15, -0.1) is 0 Å². The van der Waals surface area contributed by atoms with Crippen LogP contribution in [0.1, 0.15) is 22.6 Å². The van der Waals surface area contributed by atoms with Gasteiger partial charge in [0.05, 0.1) is 6.61 Å². The quantitative estimate of drug-likeness (QED) is 0.920. The van der Waals surface area contributed by atoms with Gasteiger partial charge in [-0.1, -0.05) is 12.1 Å². The van der Waals surface area contributed by atoms with Gasteiger partial charge >= 0.3 is 0 Å². The van der Waals surface area contributed by atoms with Crippen molar-refractivity contribution < 1.29 is 13.9 Å². The van der Waals surface area contributed by atoms with Crippen molar-refractivity contribution >= 4 is 5.91 Å². The number of nitrogens with one attached hydrogen (secondary N) is 1. The maximum absolute atomic E-state index is 14.0. The third kappa shape index (κ3) is 3.35. The van der Waals surface area contributed by atoms with Crippen LogP contribution in [0.2, 0.25) is 0 Å². The number of carbonyl (C=O) groups excluding carboxylic acids is 1. The SMILES string of the molecule is Cc1cc(=O)c(C(=O)NC[C@H]2CCOC2)nn1-c1ccccc1F. The summed E-state index contributed by atoms with van der Waals surface area (Å²) < 4.78 is 20.5. The smallest absolute Gasteiger partial charge is 0.275 e. The first kappa shape index (κ1) is 16.3. The first-order valence-electron chi connectivity index (χ1n) is 7.78. The van der Waals surface area contributed by atoms with Crippen LogP contribution in [0.3, 0.4) is 0 Å². The Morgan fingerprint density at radius 1 is 1.46 bits per heavy atom. The largest absolute Gasteiger partial charge is 0.381 e.